The van der Waals surface area contributed by atoms with Gasteiger partial charge in [0.15, 0.2) is 0 Å². The summed E-state index contributed by atoms with van der Waals surface area (Å²) in [6, 6.07) is 0. The van der Waals surface area contributed by atoms with Gasteiger partial charge in [0.1, 0.15) is 5.82 Å². The van der Waals surface area contributed by atoms with Crippen LogP contribution in [0.15, 0.2) is 6.20 Å². The number of imidazole rings is 1. The lowest BCUT2D eigenvalue weighted by Gasteiger charge is -2.22. The molecule has 1 aromatic heterocycles. The van der Waals surface area contributed by atoms with Crippen LogP contribution in [0.3, 0.4) is 0 Å². The molecular weight excluding hydrogens is 180 g/mol. The molecule has 0 saturated heterocycles. The van der Waals surface area contributed by atoms with Gasteiger partial charge in [0.2, 0.25) is 0 Å². The number of carbonyl (C=O) groups excluding carboxylic acids is 1. The maximum absolute atomic E-state index is 11.5. The number of rotatable bonds is 1. The average molecular weight is 194 g/mol. The number of fused-ring (bicyclic) bond motifs is 1. The van der Waals surface area contributed by atoms with Gasteiger partial charge in [-0.3, -0.25) is 4.79 Å². The van der Waals surface area contributed by atoms with Gasteiger partial charge < -0.3 is 9.30 Å². The Balaban J connectivity index is 2.36. The summed E-state index contributed by atoms with van der Waals surface area (Å²) in [4.78, 5) is 15.7. The van der Waals surface area contributed by atoms with Gasteiger partial charge in [0.05, 0.1) is 18.7 Å². The van der Waals surface area contributed by atoms with Crippen molar-refractivity contribution in [2.45, 2.75) is 32.2 Å². The van der Waals surface area contributed by atoms with Crippen LogP contribution in [0.1, 0.15) is 30.3 Å². The number of aromatic nitrogens is 2. The van der Waals surface area contributed by atoms with Crippen LogP contribution in [0.4, 0.5) is 0 Å². The van der Waals surface area contributed by atoms with Gasteiger partial charge >= 0.3 is 5.97 Å². The van der Waals surface area contributed by atoms with Crippen molar-refractivity contribution in [2.75, 3.05) is 7.11 Å². The van der Waals surface area contributed by atoms with Gasteiger partial charge in [0.25, 0.3) is 0 Å². The second kappa shape index (κ2) is 3.44. The SMILES string of the molecule is COC(=O)C1CCCn2c1cnc2C. The minimum Gasteiger partial charge on any atom is -0.469 e. The Labute approximate surface area is 82.9 Å². The zero-order chi connectivity index (χ0) is 10.1. The molecule has 2 rings (SSSR count). The molecule has 0 spiro atoms. The van der Waals surface area contributed by atoms with E-state index in [9.17, 15) is 4.79 Å². The standard InChI is InChI=1S/C10H14N2O2/c1-7-11-6-9-8(10(13)14-2)4-3-5-12(7)9/h6,8H,3-5H2,1-2H3. The van der Waals surface area contributed by atoms with Gasteiger partial charge in [-0.25, -0.2) is 4.98 Å². The number of aryl methyl sites for hydroxylation is 1. The largest absolute Gasteiger partial charge is 0.469 e. The van der Waals surface area contributed by atoms with E-state index < -0.39 is 0 Å². The molecule has 1 unspecified atom stereocenters. The van der Waals surface area contributed by atoms with E-state index in [1.54, 1.807) is 6.20 Å². The number of esters is 1. The Hall–Kier alpha value is -1.32. The van der Waals surface area contributed by atoms with Crippen molar-refractivity contribution < 1.29 is 9.53 Å². The topological polar surface area (TPSA) is 44.1 Å². The van der Waals surface area contributed by atoms with Crippen LogP contribution in [-0.2, 0) is 16.1 Å². The predicted molar refractivity (Wildman–Crippen MR) is 51.0 cm³/mol. The van der Waals surface area contributed by atoms with Gasteiger partial charge in [0, 0.05) is 12.7 Å². The zero-order valence-electron chi connectivity index (χ0n) is 8.49. The number of carbonyl (C=O) groups is 1. The third-order valence-corrected chi connectivity index (χ3v) is 2.80. The molecule has 1 aliphatic heterocycles. The van der Waals surface area contributed by atoms with Crippen molar-refractivity contribution in [2.24, 2.45) is 0 Å². The number of ether oxygens (including phenoxy) is 1. The van der Waals surface area contributed by atoms with Crippen LogP contribution in [0.25, 0.3) is 0 Å². The normalized spacial score (nSPS) is 20.3. The summed E-state index contributed by atoms with van der Waals surface area (Å²) in [5.41, 5.74) is 1.00. The number of hydrogen-bond donors (Lipinski definition) is 0. The first kappa shape index (κ1) is 9.24. The van der Waals surface area contributed by atoms with Gasteiger partial charge in [-0.05, 0) is 19.8 Å². The summed E-state index contributed by atoms with van der Waals surface area (Å²) in [6.45, 7) is 2.93. The molecule has 0 saturated carbocycles. The van der Waals surface area contributed by atoms with Crippen molar-refractivity contribution >= 4 is 5.97 Å². The summed E-state index contributed by atoms with van der Waals surface area (Å²) in [7, 11) is 1.44. The average Bonchev–Trinajstić information content (AvgIpc) is 2.59. The van der Waals surface area contributed by atoms with E-state index in [1.807, 2.05) is 6.92 Å². The molecule has 0 fully saturated rings. The first-order chi connectivity index (χ1) is 6.74. The fraction of sp³-hybridized carbons (Fsp3) is 0.600. The van der Waals surface area contributed by atoms with Crippen LogP contribution in [0.2, 0.25) is 0 Å². The maximum atomic E-state index is 11.5. The molecule has 1 atom stereocenters. The van der Waals surface area contributed by atoms with E-state index >= 15 is 0 Å². The Bertz CT molecular complexity index is 357. The van der Waals surface area contributed by atoms with Gasteiger partial charge in [-0.1, -0.05) is 0 Å². The van der Waals surface area contributed by atoms with Crippen molar-refractivity contribution in [1.82, 2.24) is 9.55 Å². The first-order valence-corrected chi connectivity index (χ1v) is 4.84. The van der Waals surface area contributed by atoms with E-state index in [4.69, 9.17) is 4.74 Å². The lowest BCUT2D eigenvalue weighted by molar-refractivity contribution is -0.143. The Morgan fingerprint density at radius 2 is 2.50 bits per heavy atom. The molecule has 14 heavy (non-hydrogen) atoms. The molecule has 2 heterocycles. The van der Waals surface area contributed by atoms with Crippen molar-refractivity contribution in [3.05, 3.63) is 17.7 Å². The maximum Gasteiger partial charge on any atom is 0.314 e. The lowest BCUT2D eigenvalue weighted by atomic mass is 9.96. The summed E-state index contributed by atoms with van der Waals surface area (Å²) in [5, 5.41) is 0. The Morgan fingerprint density at radius 1 is 1.71 bits per heavy atom. The fourth-order valence-electron chi connectivity index (χ4n) is 2.04. The molecule has 0 aromatic carbocycles. The smallest absolute Gasteiger partial charge is 0.314 e. The summed E-state index contributed by atoms with van der Waals surface area (Å²) in [5.74, 6) is 0.717. The van der Waals surface area contributed by atoms with Crippen LogP contribution in [-0.4, -0.2) is 22.6 Å². The molecule has 0 aliphatic carbocycles. The van der Waals surface area contributed by atoms with E-state index in [0.717, 1.165) is 30.9 Å². The molecule has 0 N–H and O–H groups in total. The zero-order valence-corrected chi connectivity index (χ0v) is 8.49. The molecule has 0 bridgehead atoms. The Kier molecular flexibility index (Phi) is 2.27. The number of methoxy groups -OCH3 is 1. The summed E-state index contributed by atoms with van der Waals surface area (Å²) in [6.07, 6.45) is 3.68. The molecule has 0 radical (unpaired) electrons. The third-order valence-electron chi connectivity index (χ3n) is 2.80. The quantitative estimate of drug-likeness (QED) is 0.632. The molecule has 76 valence electrons. The highest BCUT2D eigenvalue weighted by molar-refractivity contribution is 5.77. The van der Waals surface area contributed by atoms with Crippen LogP contribution >= 0.6 is 0 Å². The highest BCUT2D eigenvalue weighted by Crippen LogP contribution is 2.28. The molecule has 1 aromatic rings. The molecule has 4 heteroatoms. The summed E-state index contributed by atoms with van der Waals surface area (Å²) >= 11 is 0. The first-order valence-electron chi connectivity index (χ1n) is 4.84. The van der Waals surface area contributed by atoms with Gasteiger partial charge in [-0.2, -0.15) is 0 Å². The second-order valence-electron chi connectivity index (χ2n) is 3.60. The summed E-state index contributed by atoms with van der Waals surface area (Å²) < 4.78 is 6.88. The third kappa shape index (κ3) is 1.31. The minimum absolute atomic E-state index is 0.116. The molecule has 4 nitrogen and oxygen atoms in total. The van der Waals surface area contributed by atoms with Crippen molar-refractivity contribution in [1.29, 1.82) is 0 Å². The molecular formula is C10H14N2O2. The van der Waals surface area contributed by atoms with Gasteiger partial charge in [-0.15, -0.1) is 0 Å². The van der Waals surface area contributed by atoms with Crippen LogP contribution in [0.5, 0.6) is 0 Å². The molecule has 0 amide bonds. The van der Waals surface area contributed by atoms with E-state index in [1.165, 1.54) is 7.11 Å². The van der Waals surface area contributed by atoms with Crippen LogP contribution < -0.4 is 0 Å². The van der Waals surface area contributed by atoms with E-state index in [2.05, 4.69) is 9.55 Å². The van der Waals surface area contributed by atoms with Crippen molar-refractivity contribution in [3.8, 4) is 0 Å². The Morgan fingerprint density at radius 3 is 3.21 bits per heavy atom. The van der Waals surface area contributed by atoms with Crippen LogP contribution in [0, 0.1) is 6.92 Å². The highest BCUT2D eigenvalue weighted by atomic mass is 16.5. The minimum atomic E-state index is -0.147. The monoisotopic (exact) mass is 194 g/mol. The van der Waals surface area contributed by atoms with E-state index in [0.29, 0.717) is 0 Å². The highest BCUT2D eigenvalue weighted by Gasteiger charge is 2.28. The fourth-order valence-corrected chi connectivity index (χ4v) is 2.04. The number of hydrogen-bond acceptors (Lipinski definition) is 3. The van der Waals surface area contributed by atoms with E-state index in [-0.39, 0.29) is 11.9 Å². The lowest BCUT2D eigenvalue weighted by Crippen LogP contribution is -2.23. The predicted octanol–water partition coefficient (Wildman–Crippen LogP) is 1.24. The number of nitrogens with zero attached hydrogens (tertiary/aromatic N) is 2. The second-order valence-corrected chi connectivity index (χ2v) is 3.60. The molecule has 1 aliphatic rings. The van der Waals surface area contributed by atoms with Crippen molar-refractivity contribution in [3.63, 3.8) is 0 Å².